The number of aromatic nitrogens is 2. The van der Waals surface area contributed by atoms with Crippen LogP contribution in [0.5, 0.6) is 0 Å². The predicted octanol–water partition coefficient (Wildman–Crippen LogP) is 1.62. The maximum absolute atomic E-state index is 4.72. The number of likely N-dealkylation sites (N-methyl/N-ethyl adjacent to an activating group) is 1. The molecule has 0 radical (unpaired) electrons. The summed E-state index contributed by atoms with van der Waals surface area (Å²) in [6.45, 7) is 6.44. The predicted molar refractivity (Wildman–Crippen MR) is 70.5 cm³/mol. The highest BCUT2D eigenvalue weighted by Crippen LogP contribution is 2.19. The van der Waals surface area contributed by atoms with E-state index in [1.165, 1.54) is 5.69 Å². The average Bonchev–Trinajstić information content (AvgIpc) is 2.69. The number of H-pyrrole nitrogens is 1. The lowest BCUT2D eigenvalue weighted by Gasteiger charge is -2.33. The molecule has 3 rings (SSSR count). The molecule has 0 saturated carbocycles. The largest absolute Gasteiger partial charge is 0.357 e. The fourth-order valence-corrected chi connectivity index (χ4v) is 2.35. The Morgan fingerprint density at radius 3 is 2.71 bits per heavy atom. The quantitative estimate of drug-likeness (QED) is 0.808. The number of hydrogen-bond acceptors (Lipinski definition) is 3. The molecule has 17 heavy (non-hydrogen) atoms. The van der Waals surface area contributed by atoms with Crippen molar-refractivity contribution in [3.63, 3.8) is 0 Å². The highest BCUT2D eigenvalue weighted by molar-refractivity contribution is 5.78. The van der Waals surface area contributed by atoms with E-state index in [1.54, 1.807) is 0 Å². The number of pyridine rings is 1. The normalized spacial score (nSPS) is 17.9. The van der Waals surface area contributed by atoms with E-state index < -0.39 is 0 Å². The van der Waals surface area contributed by atoms with E-state index in [0.717, 1.165) is 43.0 Å². The first-order valence-electron chi connectivity index (χ1n) is 6.12. The van der Waals surface area contributed by atoms with Crippen LogP contribution in [0.25, 0.3) is 11.0 Å². The summed E-state index contributed by atoms with van der Waals surface area (Å²) < 4.78 is 0. The van der Waals surface area contributed by atoms with Crippen LogP contribution in [0.4, 0.5) is 5.82 Å². The number of nitrogens with one attached hydrogen (secondary N) is 1. The maximum atomic E-state index is 4.72. The molecule has 3 heterocycles. The number of anilines is 1. The highest BCUT2D eigenvalue weighted by Gasteiger charge is 2.15. The Morgan fingerprint density at radius 2 is 1.94 bits per heavy atom. The molecule has 1 fully saturated rings. The standard InChI is InChI=1S/C13H18N4/c1-10-9-12-11(14-10)3-4-13(15-12)17-7-5-16(2)6-8-17/h3-4,9,14H,5-8H2,1-2H3. The molecule has 0 aliphatic carbocycles. The minimum absolute atomic E-state index is 1.07. The fourth-order valence-electron chi connectivity index (χ4n) is 2.35. The topological polar surface area (TPSA) is 35.2 Å². The number of hydrogen-bond donors (Lipinski definition) is 1. The van der Waals surface area contributed by atoms with Gasteiger partial charge < -0.3 is 14.8 Å². The van der Waals surface area contributed by atoms with Crippen molar-refractivity contribution in [1.82, 2.24) is 14.9 Å². The SMILES string of the molecule is Cc1cc2nc(N3CCN(C)CC3)ccc2[nH]1. The van der Waals surface area contributed by atoms with Crippen molar-refractivity contribution < 1.29 is 0 Å². The summed E-state index contributed by atoms with van der Waals surface area (Å²) in [6.07, 6.45) is 0. The summed E-state index contributed by atoms with van der Waals surface area (Å²) >= 11 is 0. The van der Waals surface area contributed by atoms with Crippen LogP contribution in [0.15, 0.2) is 18.2 Å². The zero-order chi connectivity index (χ0) is 11.8. The van der Waals surface area contributed by atoms with Crippen LogP contribution in [0, 0.1) is 6.92 Å². The van der Waals surface area contributed by atoms with Gasteiger partial charge in [0.2, 0.25) is 0 Å². The Kier molecular flexibility index (Phi) is 2.52. The van der Waals surface area contributed by atoms with Gasteiger partial charge >= 0.3 is 0 Å². The lowest BCUT2D eigenvalue weighted by atomic mass is 10.3. The maximum Gasteiger partial charge on any atom is 0.129 e. The molecule has 90 valence electrons. The molecule has 0 atom stereocenters. The summed E-state index contributed by atoms with van der Waals surface area (Å²) in [5, 5.41) is 0. The summed E-state index contributed by atoms with van der Waals surface area (Å²) in [7, 11) is 2.17. The number of nitrogens with zero attached hydrogens (tertiary/aromatic N) is 3. The monoisotopic (exact) mass is 230 g/mol. The Balaban J connectivity index is 1.89. The van der Waals surface area contributed by atoms with E-state index in [4.69, 9.17) is 4.98 Å². The van der Waals surface area contributed by atoms with Crippen LogP contribution in [0.1, 0.15) is 5.69 Å². The number of aryl methyl sites for hydroxylation is 1. The van der Waals surface area contributed by atoms with E-state index in [0.29, 0.717) is 0 Å². The van der Waals surface area contributed by atoms with Gasteiger partial charge in [0.25, 0.3) is 0 Å². The lowest BCUT2D eigenvalue weighted by molar-refractivity contribution is 0.312. The zero-order valence-corrected chi connectivity index (χ0v) is 10.4. The molecular weight excluding hydrogens is 212 g/mol. The molecular formula is C13H18N4. The molecule has 1 aliphatic heterocycles. The van der Waals surface area contributed by atoms with Crippen LogP contribution in [0.3, 0.4) is 0 Å². The first-order valence-corrected chi connectivity index (χ1v) is 6.12. The van der Waals surface area contributed by atoms with Gasteiger partial charge in [-0.3, -0.25) is 0 Å². The van der Waals surface area contributed by atoms with Gasteiger partial charge in [0.15, 0.2) is 0 Å². The number of piperazine rings is 1. The van der Waals surface area contributed by atoms with Gasteiger partial charge in [-0.2, -0.15) is 0 Å². The van der Waals surface area contributed by atoms with Crippen LogP contribution < -0.4 is 4.90 Å². The van der Waals surface area contributed by atoms with Gasteiger partial charge in [-0.15, -0.1) is 0 Å². The molecule has 0 aromatic carbocycles. The molecule has 4 heteroatoms. The van der Waals surface area contributed by atoms with Crippen LogP contribution in [-0.4, -0.2) is 48.1 Å². The van der Waals surface area contributed by atoms with Crippen molar-refractivity contribution in [2.24, 2.45) is 0 Å². The number of fused-ring (bicyclic) bond motifs is 1. The molecule has 0 amide bonds. The minimum atomic E-state index is 1.07. The smallest absolute Gasteiger partial charge is 0.129 e. The second-order valence-corrected chi connectivity index (χ2v) is 4.84. The van der Waals surface area contributed by atoms with Gasteiger partial charge in [-0.25, -0.2) is 4.98 Å². The van der Waals surface area contributed by atoms with Gasteiger partial charge in [-0.1, -0.05) is 0 Å². The second kappa shape index (κ2) is 4.04. The highest BCUT2D eigenvalue weighted by atomic mass is 15.3. The molecule has 1 saturated heterocycles. The van der Waals surface area contributed by atoms with Gasteiger partial charge in [0.1, 0.15) is 5.82 Å². The molecule has 1 aliphatic rings. The summed E-state index contributed by atoms with van der Waals surface area (Å²) in [6, 6.07) is 6.35. The van der Waals surface area contributed by atoms with Crippen LogP contribution >= 0.6 is 0 Å². The van der Waals surface area contributed by atoms with E-state index in [2.05, 4.69) is 47.0 Å². The first-order chi connectivity index (χ1) is 8.22. The van der Waals surface area contributed by atoms with Crippen molar-refractivity contribution in [3.8, 4) is 0 Å². The molecule has 2 aromatic heterocycles. The molecule has 2 aromatic rings. The molecule has 0 bridgehead atoms. The second-order valence-electron chi connectivity index (χ2n) is 4.84. The lowest BCUT2D eigenvalue weighted by Crippen LogP contribution is -2.44. The molecule has 0 unspecified atom stereocenters. The van der Waals surface area contributed by atoms with E-state index in [-0.39, 0.29) is 0 Å². The Morgan fingerprint density at radius 1 is 1.18 bits per heavy atom. The van der Waals surface area contributed by atoms with Crippen LogP contribution in [0.2, 0.25) is 0 Å². The van der Waals surface area contributed by atoms with Crippen molar-refractivity contribution in [3.05, 3.63) is 23.9 Å². The number of aromatic amines is 1. The third-order valence-corrected chi connectivity index (χ3v) is 3.42. The van der Waals surface area contributed by atoms with Gasteiger partial charge in [-0.05, 0) is 32.2 Å². The fraction of sp³-hybridized carbons (Fsp3) is 0.462. The Bertz CT molecular complexity index is 523. The van der Waals surface area contributed by atoms with Crippen molar-refractivity contribution >= 4 is 16.9 Å². The molecule has 0 spiro atoms. The average molecular weight is 230 g/mol. The van der Waals surface area contributed by atoms with Crippen molar-refractivity contribution in [2.75, 3.05) is 38.1 Å². The zero-order valence-electron chi connectivity index (χ0n) is 10.4. The minimum Gasteiger partial charge on any atom is -0.357 e. The summed E-state index contributed by atoms with van der Waals surface area (Å²) in [5.74, 6) is 1.10. The summed E-state index contributed by atoms with van der Waals surface area (Å²) in [4.78, 5) is 12.7. The first kappa shape index (κ1) is 10.6. The van der Waals surface area contributed by atoms with E-state index in [1.807, 2.05) is 0 Å². The third kappa shape index (κ3) is 2.00. The molecule has 1 N–H and O–H groups in total. The van der Waals surface area contributed by atoms with E-state index in [9.17, 15) is 0 Å². The summed E-state index contributed by atoms with van der Waals surface area (Å²) in [5.41, 5.74) is 3.36. The van der Waals surface area contributed by atoms with E-state index >= 15 is 0 Å². The third-order valence-electron chi connectivity index (χ3n) is 3.42. The Labute approximate surface area is 101 Å². The molecule has 4 nitrogen and oxygen atoms in total. The van der Waals surface area contributed by atoms with Gasteiger partial charge in [0.05, 0.1) is 11.0 Å². The number of rotatable bonds is 1. The van der Waals surface area contributed by atoms with Crippen molar-refractivity contribution in [1.29, 1.82) is 0 Å². The van der Waals surface area contributed by atoms with Crippen molar-refractivity contribution in [2.45, 2.75) is 6.92 Å². The Hall–Kier alpha value is -1.55. The van der Waals surface area contributed by atoms with Crippen LogP contribution in [-0.2, 0) is 0 Å². The van der Waals surface area contributed by atoms with Gasteiger partial charge in [0, 0.05) is 31.9 Å².